The molecule has 0 bridgehead atoms. The highest BCUT2D eigenvalue weighted by Gasteiger charge is 2.35. The van der Waals surface area contributed by atoms with Crippen molar-refractivity contribution in [2.45, 2.75) is 34.7 Å². The minimum absolute atomic E-state index is 0.0872. The first-order valence-corrected chi connectivity index (χ1v) is 10.3. The molecule has 3 rings (SSSR count). The number of rotatable bonds is 7. The minimum Gasteiger partial charge on any atom is -0.411 e. The van der Waals surface area contributed by atoms with E-state index in [1.165, 1.54) is 23.9 Å². The van der Waals surface area contributed by atoms with Crippen LogP contribution in [0.1, 0.15) is 29.5 Å². The number of ether oxygens (including phenoxy) is 2. The van der Waals surface area contributed by atoms with Gasteiger partial charge in [-0.25, -0.2) is 4.39 Å². The molecule has 0 unspecified atom stereocenters. The van der Waals surface area contributed by atoms with Crippen molar-refractivity contribution >= 4 is 17.5 Å². The number of aliphatic hydroxyl groups is 1. The third-order valence-corrected chi connectivity index (χ3v) is 6.21. The van der Waals surface area contributed by atoms with E-state index >= 15 is 0 Å². The fourth-order valence-electron chi connectivity index (χ4n) is 3.65. The molecule has 158 valence electrons. The van der Waals surface area contributed by atoms with Crippen LogP contribution in [-0.2, 0) is 21.5 Å². The van der Waals surface area contributed by atoms with Crippen molar-refractivity contribution < 1.29 is 24.2 Å². The molecule has 1 saturated heterocycles. The molecule has 8 heteroatoms. The zero-order chi connectivity index (χ0) is 21.6. The van der Waals surface area contributed by atoms with Crippen LogP contribution in [0.2, 0.25) is 0 Å². The highest BCUT2D eigenvalue weighted by molar-refractivity contribution is 7.99. The maximum atomic E-state index is 14.4. The number of benzene rings is 2. The van der Waals surface area contributed by atoms with Crippen LogP contribution in [0.3, 0.4) is 0 Å². The molecular weight excluding hydrogens is 407 g/mol. The van der Waals surface area contributed by atoms with E-state index in [9.17, 15) is 9.50 Å². The maximum absolute atomic E-state index is 14.4. The number of aliphatic hydroxyl groups excluding tert-OH is 1. The van der Waals surface area contributed by atoms with Crippen LogP contribution in [0.5, 0.6) is 0 Å². The molecule has 2 aromatic rings. The van der Waals surface area contributed by atoms with E-state index in [0.717, 1.165) is 10.5 Å². The van der Waals surface area contributed by atoms with Gasteiger partial charge in [-0.05, 0) is 41.5 Å². The lowest BCUT2D eigenvalue weighted by Gasteiger charge is -2.36. The topological polar surface area (TPSA) is 95.1 Å². The molecule has 2 aromatic carbocycles. The monoisotopic (exact) mass is 430 g/mol. The van der Waals surface area contributed by atoms with Gasteiger partial charge >= 0.3 is 0 Å². The van der Waals surface area contributed by atoms with E-state index in [1.807, 2.05) is 6.07 Å². The average molecular weight is 431 g/mol. The van der Waals surface area contributed by atoms with Gasteiger partial charge in [0.1, 0.15) is 11.5 Å². The van der Waals surface area contributed by atoms with Crippen molar-refractivity contribution in [3.05, 3.63) is 58.9 Å². The van der Waals surface area contributed by atoms with E-state index in [1.54, 1.807) is 25.3 Å². The van der Waals surface area contributed by atoms with Crippen LogP contribution in [0.15, 0.2) is 51.3 Å². The van der Waals surface area contributed by atoms with Gasteiger partial charge in [0, 0.05) is 48.5 Å². The largest absolute Gasteiger partial charge is 0.411 e. The molecule has 0 spiro atoms. The molecule has 0 aliphatic carbocycles. The Morgan fingerprint density at radius 2 is 2.03 bits per heavy atom. The number of nitrogens with zero attached hydrogens (tertiary/aromatic N) is 2. The van der Waals surface area contributed by atoms with Crippen molar-refractivity contribution in [3.8, 4) is 6.07 Å². The Kier molecular flexibility index (Phi) is 7.45. The SMILES string of the molecule is COC1(c2cc(F)cc(Sc3ccc(/C(CO)=N\O)c(CC#N)c3)c2)CCOCC1. The second-order valence-electron chi connectivity index (χ2n) is 6.95. The summed E-state index contributed by atoms with van der Waals surface area (Å²) < 4.78 is 25.7. The number of halogens is 1. The van der Waals surface area contributed by atoms with E-state index in [2.05, 4.69) is 11.2 Å². The third-order valence-electron chi connectivity index (χ3n) is 5.25. The molecule has 2 N–H and O–H groups in total. The Labute approximate surface area is 178 Å². The number of hydrogen-bond acceptors (Lipinski definition) is 7. The van der Waals surface area contributed by atoms with Crippen molar-refractivity contribution in [2.24, 2.45) is 5.16 Å². The normalized spacial score (nSPS) is 16.3. The Morgan fingerprint density at radius 3 is 2.67 bits per heavy atom. The summed E-state index contributed by atoms with van der Waals surface area (Å²) in [7, 11) is 1.64. The summed E-state index contributed by atoms with van der Waals surface area (Å²) in [4.78, 5) is 1.51. The van der Waals surface area contributed by atoms with Gasteiger partial charge in [-0.3, -0.25) is 0 Å². The maximum Gasteiger partial charge on any atom is 0.124 e. The molecule has 0 aromatic heterocycles. The lowest BCUT2D eigenvalue weighted by molar-refractivity contribution is -0.0950. The van der Waals surface area contributed by atoms with E-state index in [0.29, 0.717) is 42.1 Å². The van der Waals surface area contributed by atoms with Gasteiger partial charge in [-0.2, -0.15) is 5.26 Å². The highest BCUT2D eigenvalue weighted by Crippen LogP contribution is 2.39. The number of nitriles is 1. The minimum atomic E-state index is -0.570. The van der Waals surface area contributed by atoms with Crippen molar-refractivity contribution in [1.82, 2.24) is 0 Å². The Balaban J connectivity index is 1.94. The Morgan fingerprint density at radius 1 is 1.27 bits per heavy atom. The predicted molar refractivity (Wildman–Crippen MR) is 110 cm³/mol. The van der Waals surface area contributed by atoms with Crippen molar-refractivity contribution in [2.75, 3.05) is 26.9 Å². The van der Waals surface area contributed by atoms with Gasteiger partial charge < -0.3 is 19.8 Å². The van der Waals surface area contributed by atoms with Gasteiger partial charge in [-0.1, -0.05) is 23.0 Å². The quantitative estimate of drug-likeness (QED) is 0.393. The lowest BCUT2D eigenvalue weighted by Crippen LogP contribution is -2.35. The summed E-state index contributed by atoms with van der Waals surface area (Å²) in [5.41, 5.74) is 1.43. The first kappa shape index (κ1) is 22.2. The molecule has 1 heterocycles. The fraction of sp³-hybridized carbons (Fsp3) is 0.364. The summed E-state index contributed by atoms with van der Waals surface area (Å²) in [6.07, 6.45) is 1.40. The highest BCUT2D eigenvalue weighted by atomic mass is 32.2. The van der Waals surface area contributed by atoms with E-state index in [-0.39, 0.29) is 17.9 Å². The molecule has 0 saturated carbocycles. The molecule has 0 amide bonds. The summed E-state index contributed by atoms with van der Waals surface area (Å²) in [6.45, 7) is 0.675. The molecule has 0 atom stereocenters. The smallest absolute Gasteiger partial charge is 0.124 e. The van der Waals surface area contributed by atoms with Crippen LogP contribution < -0.4 is 0 Å². The van der Waals surface area contributed by atoms with E-state index in [4.69, 9.17) is 19.9 Å². The molecule has 1 aliphatic rings. The van der Waals surface area contributed by atoms with Crippen LogP contribution in [0.4, 0.5) is 4.39 Å². The van der Waals surface area contributed by atoms with Crippen LogP contribution in [0, 0.1) is 17.1 Å². The van der Waals surface area contributed by atoms with Crippen LogP contribution in [-0.4, -0.2) is 43.0 Å². The van der Waals surface area contributed by atoms with Gasteiger partial charge in [0.15, 0.2) is 0 Å². The number of hydrogen-bond donors (Lipinski definition) is 2. The summed E-state index contributed by atoms with van der Waals surface area (Å²) in [5.74, 6) is -0.346. The average Bonchev–Trinajstić information content (AvgIpc) is 2.76. The summed E-state index contributed by atoms with van der Waals surface area (Å²) in [5, 5.41) is 30.7. The molecule has 6 nitrogen and oxygen atoms in total. The van der Waals surface area contributed by atoms with E-state index < -0.39 is 12.2 Å². The molecule has 0 radical (unpaired) electrons. The zero-order valence-electron chi connectivity index (χ0n) is 16.6. The Hall–Kier alpha value is -2.44. The first-order chi connectivity index (χ1) is 14.5. The fourth-order valence-corrected chi connectivity index (χ4v) is 4.62. The third kappa shape index (κ3) is 4.82. The second-order valence-corrected chi connectivity index (χ2v) is 8.09. The molecular formula is C22H23FN2O4S. The lowest BCUT2D eigenvalue weighted by atomic mass is 9.86. The van der Waals surface area contributed by atoms with Crippen molar-refractivity contribution in [1.29, 1.82) is 5.26 Å². The van der Waals surface area contributed by atoms with Crippen LogP contribution >= 0.6 is 11.8 Å². The molecule has 30 heavy (non-hydrogen) atoms. The van der Waals surface area contributed by atoms with Gasteiger partial charge in [0.2, 0.25) is 0 Å². The molecule has 1 fully saturated rings. The predicted octanol–water partition coefficient (Wildman–Crippen LogP) is 3.87. The number of methoxy groups -OCH3 is 1. The van der Waals surface area contributed by atoms with Gasteiger partial charge in [0.25, 0.3) is 0 Å². The first-order valence-electron chi connectivity index (χ1n) is 9.49. The zero-order valence-corrected chi connectivity index (χ0v) is 17.4. The summed E-state index contributed by atoms with van der Waals surface area (Å²) in [6, 6.07) is 12.2. The van der Waals surface area contributed by atoms with Gasteiger partial charge in [0.05, 0.1) is 24.7 Å². The number of oxime groups is 1. The van der Waals surface area contributed by atoms with Crippen molar-refractivity contribution in [3.63, 3.8) is 0 Å². The van der Waals surface area contributed by atoms with Gasteiger partial charge in [-0.15, -0.1) is 0 Å². The summed E-state index contributed by atoms with van der Waals surface area (Å²) >= 11 is 1.36. The Bertz CT molecular complexity index is 968. The molecule has 1 aliphatic heterocycles. The van der Waals surface area contributed by atoms with Crippen LogP contribution in [0.25, 0.3) is 0 Å². The second kappa shape index (κ2) is 10.0. The standard InChI is InChI=1S/C22H23FN2O4S/c1-28-22(5-8-29-9-6-22)16-11-17(23)13-19(12-16)30-18-2-3-20(21(14-26)25-27)15(10-18)4-7-24/h2-3,10-13,26-27H,4-6,8-9,14H2,1H3/b25-21-.